The van der Waals surface area contributed by atoms with Crippen LogP contribution in [0.1, 0.15) is 0 Å². The zero-order chi connectivity index (χ0) is 17.3. The number of phenols is 1. The Morgan fingerprint density at radius 2 is 1.62 bits per heavy atom. The summed E-state index contributed by atoms with van der Waals surface area (Å²) in [7, 11) is -4.02. The average Bonchev–Trinajstić information content (AvgIpc) is 2.55. The third-order valence-electron chi connectivity index (χ3n) is 3.97. The number of anilines is 1. The summed E-state index contributed by atoms with van der Waals surface area (Å²) in [6, 6.07) is 9.23. The highest BCUT2D eigenvalue weighted by molar-refractivity contribution is 7.89. The van der Waals surface area contributed by atoms with E-state index in [1.165, 1.54) is 4.31 Å². The maximum atomic E-state index is 13.8. The first-order chi connectivity index (χ1) is 11.4. The number of piperazine rings is 1. The van der Waals surface area contributed by atoms with Gasteiger partial charge in [0, 0.05) is 32.2 Å². The Morgan fingerprint density at radius 1 is 0.958 bits per heavy atom. The van der Waals surface area contributed by atoms with Crippen LogP contribution in [0.4, 0.5) is 14.5 Å². The fraction of sp³-hybridized carbons (Fsp3) is 0.250. The summed E-state index contributed by atoms with van der Waals surface area (Å²) in [6.07, 6.45) is 0. The van der Waals surface area contributed by atoms with Crippen LogP contribution in [0.25, 0.3) is 0 Å². The normalized spacial score (nSPS) is 16.3. The van der Waals surface area contributed by atoms with Gasteiger partial charge in [-0.3, -0.25) is 0 Å². The number of para-hydroxylation sites is 2. The SMILES string of the molecule is O=S(=O)(c1ccc(F)cc1F)N1CCN(c2ccccc2O)CC1. The Labute approximate surface area is 138 Å². The van der Waals surface area contributed by atoms with Crippen molar-refractivity contribution in [1.82, 2.24) is 4.31 Å². The van der Waals surface area contributed by atoms with E-state index < -0.39 is 26.6 Å². The fourth-order valence-corrected chi connectivity index (χ4v) is 4.19. The number of halogens is 2. The van der Waals surface area contributed by atoms with Crippen LogP contribution in [0.15, 0.2) is 47.4 Å². The molecule has 1 heterocycles. The van der Waals surface area contributed by atoms with E-state index in [0.717, 1.165) is 12.1 Å². The number of hydrogen-bond acceptors (Lipinski definition) is 4. The maximum absolute atomic E-state index is 13.8. The first-order valence-electron chi connectivity index (χ1n) is 7.38. The Hall–Kier alpha value is -2.19. The van der Waals surface area contributed by atoms with Crippen molar-refractivity contribution in [3.63, 3.8) is 0 Å². The summed E-state index contributed by atoms with van der Waals surface area (Å²) >= 11 is 0. The number of phenolic OH excluding ortho intramolecular Hbond substituents is 1. The molecular formula is C16H16F2N2O3S. The van der Waals surface area contributed by atoms with Crippen LogP contribution in [-0.4, -0.2) is 44.0 Å². The summed E-state index contributed by atoms with van der Waals surface area (Å²) in [4.78, 5) is 1.34. The molecule has 0 unspecified atom stereocenters. The number of sulfonamides is 1. The number of benzene rings is 2. The van der Waals surface area contributed by atoms with Gasteiger partial charge in [-0.1, -0.05) is 12.1 Å². The van der Waals surface area contributed by atoms with Gasteiger partial charge in [-0.15, -0.1) is 0 Å². The molecule has 0 spiro atoms. The van der Waals surface area contributed by atoms with Gasteiger partial charge in [0.25, 0.3) is 0 Å². The molecule has 1 saturated heterocycles. The number of aromatic hydroxyl groups is 1. The van der Waals surface area contributed by atoms with E-state index in [4.69, 9.17) is 0 Å². The van der Waals surface area contributed by atoms with E-state index in [-0.39, 0.29) is 18.8 Å². The smallest absolute Gasteiger partial charge is 0.246 e. The predicted molar refractivity (Wildman–Crippen MR) is 85.4 cm³/mol. The van der Waals surface area contributed by atoms with Gasteiger partial charge in [0.1, 0.15) is 22.3 Å². The quantitative estimate of drug-likeness (QED) is 0.918. The Bertz CT molecular complexity index is 850. The van der Waals surface area contributed by atoms with Crippen molar-refractivity contribution >= 4 is 15.7 Å². The molecule has 0 radical (unpaired) electrons. The van der Waals surface area contributed by atoms with Gasteiger partial charge in [0.05, 0.1) is 5.69 Å². The van der Waals surface area contributed by atoms with Crippen LogP contribution >= 0.6 is 0 Å². The standard InChI is InChI=1S/C16H16F2N2O3S/c17-12-5-6-16(13(18)11-12)24(22,23)20-9-7-19(8-10-20)14-3-1-2-4-15(14)21/h1-6,11,21H,7-10H2. The van der Waals surface area contributed by atoms with Crippen LogP contribution in [0.5, 0.6) is 5.75 Å². The molecule has 0 amide bonds. The minimum Gasteiger partial charge on any atom is -0.506 e. The largest absolute Gasteiger partial charge is 0.506 e. The van der Waals surface area contributed by atoms with E-state index in [1.54, 1.807) is 24.3 Å². The van der Waals surface area contributed by atoms with Crippen molar-refractivity contribution in [1.29, 1.82) is 0 Å². The second-order valence-corrected chi connectivity index (χ2v) is 7.36. The minimum absolute atomic E-state index is 0.124. The van der Waals surface area contributed by atoms with Crippen LogP contribution in [0, 0.1) is 11.6 Å². The van der Waals surface area contributed by atoms with E-state index >= 15 is 0 Å². The van der Waals surface area contributed by atoms with Gasteiger partial charge in [0.15, 0.2) is 0 Å². The molecule has 0 bridgehead atoms. The van der Waals surface area contributed by atoms with Gasteiger partial charge >= 0.3 is 0 Å². The number of hydrogen-bond donors (Lipinski definition) is 1. The zero-order valence-corrected chi connectivity index (χ0v) is 13.5. The Balaban J connectivity index is 1.78. The molecule has 0 atom stereocenters. The predicted octanol–water partition coefficient (Wildman–Crippen LogP) is 2.18. The van der Waals surface area contributed by atoms with Gasteiger partial charge in [0.2, 0.25) is 10.0 Å². The summed E-state index contributed by atoms with van der Waals surface area (Å²) in [5, 5.41) is 9.87. The molecule has 0 saturated carbocycles. The van der Waals surface area contributed by atoms with E-state index in [2.05, 4.69) is 0 Å². The molecular weight excluding hydrogens is 338 g/mol. The van der Waals surface area contributed by atoms with Crippen LogP contribution in [-0.2, 0) is 10.0 Å². The second-order valence-electron chi connectivity index (χ2n) is 5.45. The maximum Gasteiger partial charge on any atom is 0.246 e. The lowest BCUT2D eigenvalue weighted by atomic mass is 10.2. The monoisotopic (exact) mass is 354 g/mol. The minimum atomic E-state index is -4.02. The Kier molecular flexibility index (Phi) is 4.42. The molecule has 128 valence electrons. The molecule has 1 N–H and O–H groups in total. The van der Waals surface area contributed by atoms with Crippen LogP contribution < -0.4 is 4.90 Å². The van der Waals surface area contributed by atoms with E-state index in [0.29, 0.717) is 24.8 Å². The zero-order valence-electron chi connectivity index (χ0n) is 12.7. The van der Waals surface area contributed by atoms with Gasteiger partial charge in [-0.2, -0.15) is 4.31 Å². The summed E-state index contributed by atoms with van der Waals surface area (Å²) < 4.78 is 53.0. The highest BCUT2D eigenvalue weighted by atomic mass is 32.2. The molecule has 0 aliphatic carbocycles. The van der Waals surface area contributed by atoms with Gasteiger partial charge in [-0.05, 0) is 24.3 Å². The van der Waals surface area contributed by atoms with Crippen molar-refractivity contribution in [2.24, 2.45) is 0 Å². The lowest BCUT2D eigenvalue weighted by molar-refractivity contribution is 0.379. The molecule has 5 nitrogen and oxygen atoms in total. The summed E-state index contributed by atoms with van der Waals surface area (Å²) in [5.41, 5.74) is 0.627. The first kappa shape index (κ1) is 16.7. The van der Waals surface area contributed by atoms with Crippen molar-refractivity contribution in [3.05, 3.63) is 54.1 Å². The third-order valence-corrected chi connectivity index (χ3v) is 5.90. The first-order valence-corrected chi connectivity index (χ1v) is 8.82. The van der Waals surface area contributed by atoms with Crippen LogP contribution in [0.2, 0.25) is 0 Å². The molecule has 2 aromatic rings. The molecule has 0 aromatic heterocycles. The molecule has 2 aromatic carbocycles. The molecule has 8 heteroatoms. The lowest BCUT2D eigenvalue weighted by Crippen LogP contribution is -2.48. The summed E-state index contributed by atoms with van der Waals surface area (Å²) in [6.45, 7) is 1.01. The highest BCUT2D eigenvalue weighted by Gasteiger charge is 2.31. The van der Waals surface area contributed by atoms with Crippen molar-refractivity contribution in [2.75, 3.05) is 31.1 Å². The third kappa shape index (κ3) is 3.07. The Morgan fingerprint density at radius 3 is 2.25 bits per heavy atom. The topological polar surface area (TPSA) is 60.9 Å². The van der Waals surface area contributed by atoms with Crippen molar-refractivity contribution in [2.45, 2.75) is 4.90 Å². The van der Waals surface area contributed by atoms with E-state index in [1.807, 2.05) is 4.90 Å². The molecule has 1 aliphatic heterocycles. The summed E-state index contributed by atoms with van der Waals surface area (Å²) in [5.74, 6) is -1.80. The molecule has 3 rings (SSSR count). The lowest BCUT2D eigenvalue weighted by Gasteiger charge is -2.35. The fourth-order valence-electron chi connectivity index (χ4n) is 2.72. The average molecular weight is 354 g/mol. The van der Waals surface area contributed by atoms with Gasteiger partial charge in [-0.25, -0.2) is 17.2 Å². The molecule has 24 heavy (non-hydrogen) atoms. The van der Waals surface area contributed by atoms with Crippen LogP contribution in [0.3, 0.4) is 0 Å². The molecule has 1 fully saturated rings. The number of nitrogens with zero attached hydrogens (tertiary/aromatic N) is 2. The number of rotatable bonds is 3. The molecule has 1 aliphatic rings. The van der Waals surface area contributed by atoms with Gasteiger partial charge < -0.3 is 10.0 Å². The van der Waals surface area contributed by atoms with Crippen molar-refractivity contribution in [3.8, 4) is 5.75 Å². The second kappa shape index (κ2) is 6.37. The van der Waals surface area contributed by atoms with Crippen molar-refractivity contribution < 1.29 is 22.3 Å². The highest BCUT2D eigenvalue weighted by Crippen LogP contribution is 2.28. The van der Waals surface area contributed by atoms with E-state index in [9.17, 15) is 22.3 Å².